The highest BCUT2D eigenvalue weighted by atomic mass is 79.9. The molecular formula is C23H26BrN3O3. The Labute approximate surface area is 185 Å². The van der Waals surface area contributed by atoms with Gasteiger partial charge in [-0.05, 0) is 51.0 Å². The number of urea groups is 1. The Morgan fingerprint density at radius 1 is 1.10 bits per heavy atom. The monoisotopic (exact) mass is 471 g/mol. The molecule has 1 atom stereocenters. The van der Waals surface area contributed by atoms with Crippen molar-refractivity contribution < 1.29 is 14.4 Å². The van der Waals surface area contributed by atoms with Crippen LogP contribution in [0.4, 0.5) is 4.79 Å². The molecule has 7 heteroatoms. The van der Waals surface area contributed by atoms with Gasteiger partial charge in [-0.25, -0.2) is 4.79 Å². The van der Waals surface area contributed by atoms with Crippen molar-refractivity contribution in [1.82, 2.24) is 15.1 Å². The molecule has 1 aliphatic rings. The van der Waals surface area contributed by atoms with Crippen molar-refractivity contribution in [3.05, 3.63) is 70.2 Å². The average Bonchev–Trinajstić information content (AvgIpc) is 2.90. The number of rotatable bonds is 5. The van der Waals surface area contributed by atoms with E-state index in [4.69, 9.17) is 0 Å². The van der Waals surface area contributed by atoms with E-state index in [-0.39, 0.29) is 12.5 Å². The maximum atomic E-state index is 13.2. The number of nitrogens with one attached hydrogen (secondary N) is 1. The second-order valence-corrected chi connectivity index (χ2v) is 9.51. The van der Waals surface area contributed by atoms with Gasteiger partial charge in [0.05, 0.1) is 0 Å². The van der Waals surface area contributed by atoms with Gasteiger partial charge in [-0.3, -0.25) is 14.5 Å². The molecule has 1 aliphatic heterocycles. The minimum absolute atomic E-state index is 0.284. The number of carbonyl (C=O) groups excluding carboxylic acids is 3. The van der Waals surface area contributed by atoms with Gasteiger partial charge in [0.2, 0.25) is 5.91 Å². The van der Waals surface area contributed by atoms with E-state index >= 15 is 0 Å². The molecule has 1 heterocycles. The molecule has 2 aromatic carbocycles. The van der Waals surface area contributed by atoms with E-state index in [1.54, 1.807) is 30.0 Å². The second-order valence-electron chi connectivity index (χ2n) is 8.59. The van der Waals surface area contributed by atoms with Crippen LogP contribution >= 0.6 is 15.9 Å². The van der Waals surface area contributed by atoms with Gasteiger partial charge < -0.3 is 10.2 Å². The normalized spacial score (nSPS) is 19.0. The molecule has 0 aliphatic carbocycles. The van der Waals surface area contributed by atoms with Crippen LogP contribution in [0, 0.1) is 0 Å². The molecular weight excluding hydrogens is 446 g/mol. The first-order chi connectivity index (χ1) is 14.0. The number of halogens is 1. The van der Waals surface area contributed by atoms with Gasteiger partial charge in [-0.15, -0.1) is 0 Å². The first-order valence-electron chi connectivity index (χ1n) is 9.77. The van der Waals surface area contributed by atoms with Crippen molar-refractivity contribution >= 4 is 33.8 Å². The SMILES string of the molecule is CC(C)(C)N(Cc1ccccc1)C(=O)CN1C(=O)N[C@](C)(c2cccc(Br)c2)C1=O. The molecule has 4 amide bonds. The molecule has 0 unspecified atom stereocenters. The fraction of sp³-hybridized carbons (Fsp3) is 0.348. The third-order valence-electron chi connectivity index (χ3n) is 5.26. The molecule has 1 N–H and O–H groups in total. The molecule has 3 rings (SSSR count). The summed E-state index contributed by atoms with van der Waals surface area (Å²) in [7, 11) is 0. The van der Waals surface area contributed by atoms with Crippen LogP contribution < -0.4 is 5.32 Å². The van der Waals surface area contributed by atoms with Gasteiger partial charge in [0.1, 0.15) is 12.1 Å². The number of hydrogen-bond acceptors (Lipinski definition) is 3. The Hall–Kier alpha value is -2.67. The predicted octanol–water partition coefficient (Wildman–Crippen LogP) is 4.04. The molecule has 1 saturated heterocycles. The standard InChI is InChI=1S/C23H26BrN3O3/c1-22(2,3)27(14-16-9-6-5-7-10-16)19(28)15-26-20(29)23(4,25-21(26)30)17-11-8-12-18(24)13-17/h5-13H,14-15H2,1-4H3,(H,25,30)/t23-/m1/s1. The molecule has 0 radical (unpaired) electrons. The van der Waals surface area contributed by atoms with Crippen LogP contribution in [-0.2, 0) is 21.7 Å². The van der Waals surface area contributed by atoms with Crippen LogP contribution in [0.5, 0.6) is 0 Å². The van der Waals surface area contributed by atoms with Crippen molar-refractivity contribution in [2.24, 2.45) is 0 Å². The van der Waals surface area contributed by atoms with E-state index in [0.29, 0.717) is 12.1 Å². The molecule has 0 saturated carbocycles. The molecule has 158 valence electrons. The Kier molecular flexibility index (Phi) is 6.04. The quantitative estimate of drug-likeness (QED) is 0.668. The minimum Gasteiger partial charge on any atom is -0.332 e. The highest BCUT2D eigenvalue weighted by molar-refractivity contribution is 9.10. The van der Waals surface area contributed by atoms with Gasteiger partial charge in [-0.2, -0.15) is 0 Å². The molecule has 30 heavy (non-hydrogen) atoms. The molecule has 6 nitrogen and oxygen atoms in total. The van der Waals surface area contributed by atoms with Crippen molar-refractivity contribution in [3.63, 3.8) is 0 Å². The molecule has 2 aromatic rings. The minimum atomic E-state index is -1.22. The van der Waals surface area contributed by atoms with Crippen molar-refractivity contribution in [3.8, 4) is 0 Å². The lowest BCUT2D eigenvalue weighted by molar-refractivity contribution is -0.142. The van der Waals surface area contributed by atoms with Crippen LogP contribution in [0.15, 0.2) is 59.1 Å². The lowest BCUT2D eigenvalue weighted by Crippen LogP contribution is -2.50. The van der Waals surface area contributed by atoms with Gasteiger partial charge in [-0.1, -0.05) is 58.4 Å². The fourth-order valence-corrected chi connectivity index (χ4v) is 3.92. The summed E-state index contributed by atoms with van der Waals surface area (Å²) in [5, 5.41) is 2.75. The number of amides is 4. The lowest BCUT2D eigenvalue weighted by Gasteiger charge is -2.36. The summed E-state index contributed by atoms with van der Waals surface area (Å²) in [6, 6.07) is 16.3. The van der Waals surface area contributed by atoms with Crippen LogP contribution in [0.3, 0.4) is 0 Å². The Morgan fingerprint density at radius 3 is 2.37 bits per heavy atom. The highest BCUT2D eigenvalue weighted by Crippen LogP contribution is 2.30. The zero-order valence-corrected chi connectivity index (χ0v) is 19.2. The number of benzene rings is 2. The summed E-state index contributed by atoms with van der Waals surface area (Å²) in [6.45, 7) is 7.56. The largest absolute Gasteiger partial charge is 0.332 e. The summed E-state index contributed by atoms with van der Waals surface area (Å²) in [6.07, 6.45) is 0. The second kappa shape index (κ2) is 8.22. The number of nitrogens with zero attached hydrogens (tertiary/aromatic N) is 2. The topological polar surface area (TPSA) is 69.7 Å². The maximum absolute atomic E-state index is 13.2. The van der Waals surface area contributed by atoms with Crippen LogP contribution in [-0.4, -0.2) is 39.7 Å². The number of imide groups is 1. The summed E-state index contributed by atoms with van der Waals surface area (Å²) < 4.78 is 0.805. The first-order valence-corrected chi connectivity index (χ1v) is 10.6. The highest BCUT2D eigenvalue weighted by Gasteiger charge is 2.50. The van der Waals surface area contributed by atoms with E-state index in [1.165, 1.54) is 0 Å². The Morgan fingerprint density at radius 2 is 1.77 bits per heavy atom. The number of carbonyl (C=O) groups is 3. The molecule has 0 bridgehead atoms. The van der Waals surface area contributed by atoms with Crippen LogP contribution in [0.2, 0.25) is 0 Å². The van der Waals surface area contributed by atoms with Crippen LogP contribution in [0.25, 0.3) is 0 Å². The average molecular weight is 472 g/mol. The maximum Gasteiger partial charge on any atom is 0.325 e. The summed E-state index contributed by atoms with van der Waals surface area (Å²) in [4.78, 5) is 41.7. The summed E-state index contributed by atoms with van der Waals surface area (Å²) in [5.41, 5.74) is -0.0496. The summed E-state index contributed by atoms with van der Waals surface area (Å²) >= 11 is 3.40. The van der Waals surface area contributed by atoms with Crippen molar-refractivity contribution in [2.45, 2.75) is 45.3 Å². The molecule has 0 aromatic heterocycles. The molecule has 0 spiro atoms. The Bertz CT molecular complexity index is 971. The zero-order valence-electron chi connectivity index (χ0n) is 17.6. The van der Waals surface area contributed by atoms with Crippen molar-refractivity contribution in [2.75, 3.05) is 6.54 Å². The van der Waals surface area contributed by atoms with E-state index in [1.807, 2.05) is 57.2 Å². The fourth-order valence-electron chi connectivity index (χ4n) is 3.52. The zero-order chi connectivity index (χ0) is 22.1. The van der Waals surface area contributed by atoms with Gasteiger partial charge in [0, 0.05) is 16.6 Å². The van der Waals surface area contributed by atoms with E-state index in [0.717, 1.165) is 14.9 Å². The first kappa shape index (κ1) is 22.0. The van der Waals surface area contributed by atoms with Crippen LogP contribution in [0.1, 0.15) is 38.8 Å². The van der Waals surface area contributed by atoms with Gasteiger partial charge in [0.15, 0.2) is 0 Å². The lowest BCUT2D eigenvalue weighted by atomic mass is 9.92. The van der Waals surface area contributed by atoms with Gasteiger partial charge >= 0.3 is 6.03 Å². The number of hydrogen-bond donors (Lipinski definition) is 1. The van der Waals surface area contributed by atoms with Crippen molar-refractivity contribution in [1.29, 1.82) is 0 Å². The van der Waals surface area contributed by atoms with E-state index in [2.05, 4.69) is 21.2 Å². The summed E-state index contributed by atoms with van der Waals surface area (Å²) in [5.74, 6) is -0.721. The smallest absolute Gasteiger partial charge is 0.325 e. The Balaban J connectivity index is 1.82. The third kappa shape index (κ3) is 4.41. The molecule has 1 fully saturated rings. The van der Waals surface area contributed by atoms with Gasteiger partial charge in [0.25, 0.3) is 5.91 Å². The van der Waals surface area contributed by atoms with E-state index in [9.17, 15) is 14.4 Å². The third-order valence-corrected chi connectivity index (χ3v) is 5.76. The van der Waals surface area contributed by atoms with E-state index < -0.39 is 23.0 Å². The predicted molar refractivity (Wildman–Crippen MR) is 118 cm³/mol.